The molecule has 2 aromatic carbocycles. The number of amides is 1. The summed E-state index contributed by atoms with van der Waals surface area (Å²) in [6.45, 7) is 2.21. The maximum atomic E-state index is 13.0. The Morgan fingerprint density at radius 2 is 1.64 bits per heavy atom. The molecule has 2 aromatic rings. The summed E-state index contributed by atoms with van der Waals surface area (Å²) in [5, 5.41) is 12.4. The number of carboxylic acids is 1. The maximum Gasteiger partial charge on any atom is 0.337 e. The van der Waals surface area contributed by atoms with Crippen LogP contribution in [0.4, 0.5) is 21.5 Å². The normalized spacial score (nSPS) is 14.8. The highest BCUT2D eigenvalue weighted by atomic mass is 32.2. The Morgan fingerprint density at radius 3 is 2.21 bits per heavy atom. The summed E-state index contributed by atoms with van der Waals surface area (Å²) < 4.78 is 40.4. The molecule has 0 saturated carbocycles. The smallest absolute Gasteiger partial charge is 0.337 e. The van der Waals surface area contributed by atoms with E-state index in [9.17, 15) is 27.5 Å². The molecule has 0 spiro atoms. The van der Waals surface area contributed by atoms with Crippen LogP contribution in [-0.2, 0) is 15.0 Å². The lowest BCUT2D eigenvalue weighted by Gasteiger charge is -2.36. The molecule has 0 radical (unpaired) electrons. The average molecular weight is 480 g/mol. The number of aromatic carboxylic acids is 1. The van der Waals surface area contributed by atoms with Crippen molar-refractivity contribution in [3.8, 4) is 0 Å². The Kier molecular flexibility index (Phi) is 7.51. The van der Waals surface area contributed by atoms with Crippen LogP contribution in [-0.4, -0.2) is 81.4 Å². The second kappa shape index (κ2) is 10.1. The molecule has 0 aromatic heterocycles. The van der Waals surface area contributed by atoms with Gasteiger partial charge in [-0.15, -0.1) is 0 Å². The van der Waals surface area contributed by atoms with Crippen LogP contribution in [0.3, 0.4) is 0 Å². The number of hydrogen-bond donors (Lipinski definition) is 3. The van der Waals surface area contributed by atoms with Crippen LogP contribution in [0.15, 0.2) is 42.5 Å². The van der Waals surface area contributed by atoms with E-state index in [-0.39, 0.29) is 29.5 Å². The zero-order chi connectivity index (χ0) is 24.2. The molecule has 1 fully saturated rings. The fraction of sp³-hybridized carbons (Fsp3) is 0.333. The van der Waals surface area contributed by atoms with Gasteiger partial charge in [0.25, 0.3) is 0 Å². The van der Waals surface area contributed by atoms with E-state index in [1.165, 1.54) is 50.5 Å². The highest BCUT2D eigenvalue weighted by Crippen LogP contribution is 2.26. The molecule has 0 unspecified atom stereocenters. The first-order valence-corrected chi connectivity index (χ1v) is 11.6. The molecule has 1 amide bonds. The van der Waals surface area contributed by atoms with Crippen LogP contribution >= 0.6 is 0 Å². The summed E-state index contributed by atoms with van der Waals surface area (Å²) in [5.41, 5.74) is 1.12. The SMILES string of the molecule is CN(C)S(=O)(=O)Nc1ccc(N2CCN(CC(=O)Nc3ccc(F)cc3)CC2)c(C(=O)O)c1. The fourth-order valence-electron chi connectivity index (χ4n) is 3.37. The van der Waals surface area contributed by atoms with E-state index in [0.717, 1.165) is 4.31 Å². The summed E-state index contributed by atoms with van der Waals surface area (Å²) in [7, 11) is -1.02. The average Bonchev–Trinajstić information content (AvgIpc) is 2.75. The van der Waals surface area contributed by atoms with Gasteiger partial charge in [-0.25, -0.2) is 9.18 Å². The van der Waals surface area contributed by atoms with Crippen molar-refractivity contribution < 1.29 is 27.5 Å². The lowest BCUT2D eigenvalue weighted by atomic mass is 10.1. The van der Waals surface area contributed by atoms with Gasteiger partial charge in [0.2, 0.25) is 5.91 Å². The van der Waals surface area contributed by atoms with Crippen molar-refractivity contribution in [3.63, 3.8) is 0 Å². The Morgan fingerprint density at radius 1 is 1.03 bits per heavy atom. The quantitative estimate of drug-likeness (QED) is 0.525. The van der Waals surface area contributed by atoms with E-state index >= 15 is 0 Å². The van der Waals surface area contributed by atoms with Crippen molar-refractivity contribution in [1.82, 2.24) is 9.21 Å². The molecule has 3 rings (SSSR count). The van der Waals surface area contributed by atoms with E-state index < -0.39 is 16.2 Å². The lowest BCUT2D eigenvalue weighted by Crippen LogP contribution is -2.49. The van der Waals surface area contributed by atoms with Crippen LogP contribution in [0.5, 0.6) is 0 Å². The van der Waals surface area contributed by atoms with Crippen molar-refractivity contribution >= 4 is 39.1 Å². The summed E-state index contributed by atoms with van der Waals surface area (Å²) in [5.74, 6) is -1.77. The lowest BCUT2D eigenvalue weighted by molar-refractivity contribution is -0.117. The first-order valence-electron chi connectivity index (χ1n) is 10.2. The number of piperazine rings is 1. The molecule has 1 aliphatic heterocycles. The predicted octanol–water partition coefficient (Wildman–Crippen LogP) is 1.50. The van der Waals surface area contributed by atoms with E-state index in [1.807, 2.05) is 9.80 Å². The van der Waals surface area contributed by atoms with Crippen molar-refractivity contribution in [2.75, 3.05) is 61.8 Å². The van der Waals surface area contributed by atoms with Gasteiger partial charge in [0.15, 0.2) is 0 Å². The Hall–Kier alpha value is -3.22. The van der Waals surface area contributed by atoms with Gasteiger partial charge in [-0.2, -0.15) is 12.7 Å². The molecule has 0 bridgehead atoms. The van der Waals surface area contributed by atoms with E-state index in [1.54, 1.807) is 6.07 Å². The minimum Gasteiger partial charge on any atom is -0.478 e. The molecule has 3 N–H and O–H groups in total. The molecule has 0 aliphatic carbocycles. The Labute approximate surface area is 191 Å². The van der Waals surface area contributed by atoms with Gasteiger partial charge in [0.1, 0.15) is 5.82 Å². The van der Waals surface area contributed by atoms with E-state index in [0.29, 0.717) is 37.6 Å². The third-order valence-electron chi connectivity index (χ3n) is 5.16. The monoisotopic (exact) mass is 479 g/mol. The van der Waals surface area contributed by atoms with Gasteiger partial charge in [-0.3, -0.25) is 14.4 Å². The van der Waals surface area contributed by atoms with Gasteiger partial charge >= 0.3 is 16.2 Å². The number of carbonyl (C=O) groups is 2. The van der Waals surface area contributed by atoms with Gasteiger partial charge < -0.3 is 15.3 Å². The molecular formula is C21H26FN5O5S. The zero-order valence-corrected chi connectivity index (χ0v) is 19.1. The van der Waals surface area contributed by atoms with Crippen molar-refractivity contribution in [2.45, 2.75) is 0 Å². The molecule has 178 valence electrons. The molecule has 0 atom stereocenters. The second-order valence-corrected chi connectivity index (χ2v) is 9.63. The number of carboxylic acid groups (broad SMARTS) is 1. The summed E-state index contributed by atoms with van der Waals surface area (Å²) in [6, 6.07) is 9.90. The Bertz CT molecular complexity index is 1120. The third kappa shape index (κ3) is 6.40. The maximum absolute atomic E-state index is 13.0. The molecule has 10 nitrogen and oxygen atoms in total. The van der Waals surface area contributed by atoms with Crippen LogP contribution < -0.4 is 14.9 Å². The number of benzene rings is 2. The molecule has 1 heterocycles. The third-order valence-corrected chi connectivity index (χ3v) is 6.62. The minimum atomic E-state index is -3.76. The van der Waals surface area contributed by atoms with Crippen LogP contribution in [0.1, 0.15) is 10.4 Å². The van der Waals surface area contributed by atoms with Gasteiger partial charge in [-0.1, -0.05) is 0 Å². The second-order valence-electron chi connectivity index (χ2n) is 7.74. The predicted molar refractivity (Wildman–Crippen MR) is 123 cm³/mol. The molecular weight excluding hydrogens is 453 g/mol. The van der Waals surface area contributed by atoms with E-state index in [4.69, 9.17) is 0 Å². The Balaban J connectivity index is 1.62. The van der Waals surface area contributed by atoms with E-state index in [2.05, 4.69) is 10.0 Å². The van der Waals surface area contributed by atoms with Gasteiger partial charge in [-0.05, 0) is 42.5 Å². The van der Waals surface area contributed by atoms with Crippen LogP contribution in [0, 0.1) is 5.82 Å². The van der Waals surface area contributed by atoms with Crippen molar-refractivity contribution in [2.24, 2.45) is 0 Å². The van der Waals surface area contributed by atoms with Gasteiger partial charge in [0, 0.05) is 46.0 Å². The number of hydrogen-bond acceptors (Lipinski definition) is 6. The largest absolute Gasteiger partial charge is 0.478 e. The first kappa shape index (κ1) is 24.4. The molecule has 12 heteroatoms. The van der Waals surface area contributed by atoms with Crippen LogP contribution in [0.25, 0.3) is 0 Å². The highest BCUT2D eigenvalue weighted by Gasteiger charge is 2.24. The number of rotatable bonds is 8. The number of anilines is 3. The molecule has 1 aliphatic rings. The van der Waals surface area contributed by atoms with Crippen LogP contribution in [0.2, 0.25) is 0 Å². The number of carbonyl (C=O) groups excluding carboxylic acids is 1. The summed E-state index contributed by atoms with van der Waals surface area (Å²) in [4.78, 5) is 27.9. The first-order chi connectivity index (χ1) is 15.5. The molecule has 1 saturated heterocycles. The topological polar surface area (TPSA) is 122 Å². The minimum absolute atomic E-state index is 0.0172. The summed E-state index contributed by atoms with van der Waals surface area (Å²) >= 11 is 0. The van der Waals surface area contributed by atoms with Gasteiger partial charge in [0.05, 0.1) is 23.5 Å². The standard InChI is InChI=1S/C21H26FN5O5S/c1-25(2)33(31,32)24-17-7-8-19(18(13-17)21(29)30)27-11-9-26(10-12-27)14-20(28)23-16-5-3-15(22)4-6-16/h3-8,13,24H,9-12,14H2,1-2H3,(H,23,28)(H,29,30). The van der Waals surface area contributed by atoms with Crippen molar-refractivity contribution in [3.05, 3.63) is 53.8 Å². The number of halogens is 1. The van der Waals surface area contributed by atoms with Crippen molar-refractivity contribution in [1.29, 1.82) is 0 Å². The number of nitrogens with one attached hydrogen (secondary N) is 2. The zero-order valence-electron chi connectivity index (χ0n) is 18.3. The highest BCUT2D eigenvalue weighted by molar-refractivity contribution is 7.90. The fourth-order valence-corrected chi connectivity index (χ4v) is 3.98. The number of nitrogens with zero attached hydrogens (tertiary/aromatic N) is 3. The molecule has 33 heavy (non-hydrogen) atoms. The summed E-state index contributed by atoms with van der Waals surface area (Å²) in [6.07, 6.45) is 0.